The van der Waals surface area contributed by atoms with E-state index in [0.717, 1.165) is 38.5 Å². The van der Waals surface area contributed by atoms with Gasteiger partial charge >= 0.3 is 35.9 Å². The van der Waals surface area contributed by atoms with Crippen LogP contribution >= 0.6 is 0 Å². The van der Waals surface area contributed by atoms with Gasteiger partial charge in [-0.05, 0) is 89.5 Å². The number of nitrogens with zero attached hydrogens (tertiary/aromatic N) is 6. The first-order chi connectivity index (χ1) is 37.2. The molecule has 0 radical (unpaired) electrons. The van der Waals surface area contributed by atoms with Gasteiger partial charge in [-0.25, -0.2) is 28.8 Å². The summed E-state index contributed by atoms with van der Waals surface area (Å²) < 4.78 is 21.6. The maximum absolute atomic E-state index is 13.5. The van der Waals surface area contributed by atoms with Gasteiger partial charge < -0.3 is 49.2 Å². The summed E-state index contributed by atoms with van der Waals surface area (Å²) in [5.41, 5.74) is -2.54. The fraction of sp³-hybridized carbons (Fsp3) is 0.519. The third kappa shape index (κ3) is 14.0. The summed E-state index contributed by atoms with van der Waals surface area (Å²) >= 11 is 0. The first-order valence-electron chi connectivity index (χ1n) is 26.1. The lowest BCUT2D eigenvalue weighted by Crippen LogP contribution is -2.55. The monoisotopic (exact) mass is 1080 g/mol. The third-order valence-electron chi connectivity index (χ3n) is 14.4. The van der Waals surface area contributed by atoms with E-state index in [9.17, 15) is 58.6 Å². The van der Waals surface area contributed by atoms with Crippen LogP contribution in [0.4, 0.5) is 21.0 Å². The van der Waals surface area contributed by atoms with Gasteiger partial charge in [-0.3, -0.25) is 29.8 Å². The van der Waals surface area contributed by atoms with Crippen LogP contribution in [-0.2, 0) is 38.1 Å². The Morgan fingerprint density at radius 2 is 1.42 bits per heavy atom. The standard InChI is InChI=1S/C28H36N4O8.C26H32N4O8/c1-5-8-9-10-15-30(4)27(36)31-18-22(40-25(34)19-11-13-21(14-12-19)32(37)38)16-23(31)24(33)29-28(17-20(28)6-2)26(35)39-7-3;1-3-37-24(33)26-15-18(26)8-6-4-5-7-13-28(2)25(34)29-16-20(14-21(29)22(31)27-26)38-23(32)17-9-11-19(12-10-17)30(35)36/h5-6,11-14,20,22-23H,1-2,7-10,15-18H2,3-4H3,(H,29,33);6,8-12,18,20-21H,3-5,7,13-16H2,1-2H3,(H,27,31)/b;8-6-/t20-,22+,23+,28-;18-,20+,21+,26-/m11/s1. The molecule has 5 aliphatic rings. The van der Waals surface area contributed by atoms with E-state index in [4.69, 9.17) is 18.9 Å². The molecule has 4 fully saturated rings. The number of non-ortho nitro benzene ring substituents is 2. The first-order valence-corrected chi connectivity index (χ1v) is 26.1. The number of fused-ring (bicyclic) bond motifs is 2. The molecular formula is C54H68N8O16. The average molecular weight is 1090 g/mol. The minimum Gasteiger partial charge on any atom is -0.464 e. The number of likely N-dealkylation sites (tertiary alicyclic amines) is 1. The second-order valence-electron chi connectivity index (χ2n) is 19.8. The van der Waals surface area contributed by atoms with Crippen LogP contribution in [0.3, 0.4) is 0 Å². The summed E-state index contributed by atoms with van der Waals surface area (Å²) in [5, 5.41) is 27.4. The van der Waals surface area contributed by atoms with E-state index < -0.39 is 86.9 Å². The van der Waals surface area contributed by atoms with Gasteiger partial charge in [0.1, 0.15) is 35.4 Å². The van der Waals surface area contributed by atoms with Crippen LogP contribution in [0.1, 0.15) is 98.8 Å². The average Bonchev–Trinajstić information content (AvgIpc) is 4.41. The molecule has 0 unspecified atom stereocenters. The zero-order valence-electron chi connectivity index (χ0n) is 44.3. The number of esters is 4. The molecular weight excluding hydrogens is 1020 g/mol. The quantitative estimate of drug-likeness (QED) is 0.0455. The molecule has 24 heteroatoms. The van der Waals surface area contributed by atoms with E-state index in [1.807, 2.05) is 12.2 Å². The number of amides is 6. The highest BCUT2D eigenvalue weighted by Crippen LogP contribution is 2.47. The van der Waals surface area contributed by atoms with Gasteiger partial charge in [-0.2, -0.15) is 0 Å². The van der Waals surface area contributed by atoms with Crippen molar-refractivity contribution in [2.45, 2.75) is 113 Å². The van der Waals surface area contributed by atoms with Crippen molar-refractivity contribution in [3.05, 3.63) is 117 Å². The number of nitrogens with one attached hydrogen (secondary N) is 2. The number of nitro benzene ring substituents is 2. The van der Waals surface area contributed by atoms with Gasteiger partial charge in [-0.1, -0.05) is 24.3 Å². The largest absolute Gasteiger partial charge is 0.464 e. The van der Waals surface area contributed by atoms with Crippen molar-refractivity contribution in [1.82, 2.24) is 30.2 Å². The van der Waals surface area contributed by atoms with Crippen LogP contribution in [0.2, 0.25) is 0 Å². The van der Waals surface area contributed by atoms with E-state index in [-0.39, 0.29) is 79.5 Å². The molecule has 7 rings (SSSR count). The molecule has 0 aromatic heterocycles. The van der Waals surface area contributed by atoms with Crippen LogP contribution in [-0.4, -0.2) is 166 Å². The summed E-state index contributed by atoms with van der Waals surface area (Å²) in [7, 11) is 3.29. The molecule has 2 aliphatic carbocycles. The number of nitro groups is 2. The number of unbranched alkanes of at least 4 members (excludes halogenated alkanes) is 2. The second kappa shape index (κ2) is 26.2. The number of carbonyl (C=O) groups is 8. The maximum atomic E-state index is 13.5. The number of benzene rings is 2. The van der Waals surface area contributed by atoms with Gasteiger partial charge in [0.2, 0.25) is 11.8 Å². The Bertz CT molecular complexity index is 2650. The molecule has 3 aliphatic heterocycles. The van der Waals surface area contributed by atoms with Crippen molar-refractivity contribution in [2.75, 3.05) is 53.5 Å². The Labute approximate surface area is 451 Å². The van der Waals surface area contributed by atoms with E-state index >= 15 is 0 Å². The predicted octanol–water partition coefficient (Wildman–Crippen LogP) is 5.65. The first kappa shape index (κ1) is 59.1. The molecule has 2 aromatic carbocycles. The molecule has 2 saturated carbocycles. The molecule has 0 bridgehead atoms. The summed E-state index contributed by atoms with van der Waals surface area (Å²) in [6, 6.07) is 7.20. The smallest absolute Gasteiger partial charge is 0.338 e. The lowest BCUT2D eigenvalue weighted by molar-refractivity contribution is -0.385. The normalized spacial score (nSPS) is 25.6. The number of hydrogen-bond donors (Lipinski definition) is 2. The van der Waals surface area contributed by atoms with E-state index in [0.29, 0.717) is 25.9 Å². The minimum absolute atomic E-state index is 0.00425. The Kier molecular flexibility index (Phi) is 19.9. The van der Waals surface area contributed by atoms with Gasteiger partial charge in [-0.15, -0.1) is 13.2 Å². The number of urea groups is 2. The highest BCUT2D eigenvalue weighted by atomic mass is 16.6. The fourth-order valence-corrected chi connectivity index (χ4v) is 9.78. The number of rotatable bonds is 18. The lowest BCUT2D eigenvalue weighted by Gasteiger charge is -2.30. The lowest BCUT2D eigenvalue weighted by atomic mass is 10.1. The zero-order valence-corrected chi connectivity index (χ0v) is 44.3. The highest BCUT2D eigenvalue weighted by Gasteiger charge is 2.63. The molecule has 8 atom stereocenters. The van der Waals surface area contributed by atoms with Gasteiger partial charge in [0.25, 0.3) is 11.4 Å². The third-order valence-corrected chi connectivity index (χ3v) is 14.4. The molecule has 2 aromatic rings. The van der Waals surface area contributed by atoms with Crippen molar-refractivity contribution in [3.8, 4) is 0 Å². The van der Waals surface area contributed by atoms with Gasteiger partial charge in [0, 0.05) is 76.1 Å². The predicted molar refractivity (Wildman–Crippen MR) is 279 cm³/mol. The van der Waals surface area contributed by atoms with E-state index in [1.165, 1.54) is 68.1 Å². The van der Waals surface area contributed by atoms with Gasteiger partial charge in [0.05, 0.1) is 47.3 Å². The van der Waals surface area contributed by atoms with Gasteiger partial charge in [0.15, 0.2) is 0 Å². The molecule has 0 spiro atoms. The number of ether oxygens (including phenoxy) is 4. The van der Waals surface area contributed by atoms with Crippen molar-refractivity contribution in [2.24, 2.45) is 11.8 Å². The van der Waals surface area contributed by atoms with Crippen LogP contribution in [0.25, 0.3) is 0 Å². The Hall–Kier alpha value is -8.18. The molecule has 2 N–H and O–H groups in total. The van der Waals surface area contributed by atoms with Crippen molar-refractivity contribution in [1.29, 1.82) is 0 Å². The maximum Gasteiger partial charge on any atom is 0.338 e. The van der Waals surface area contributed by atoms with Crippen molar-refractivity contribution in [3.63, 3.8) is 0 Å². The Morgan fingerprint density at radius 1 is 0.833 bits per heavy atom. The second-order valence-corrected chi connectivity index (χ2v) is 19.8. The minimum atomic E-state index is -1.24. The van der Waals surface area contributed by atoms with Crippen molar-refractivity contribution >= 4 is 59.1 Å². The summed E-state index contributed by atoms with van der Waals surface area (Å²) in [5.74, 6) is -4.09. The summed E-state index contributed by atoms with van der Waals surface area (Å²) in [4.78, 5) is 131. The Balaban J connectivity index is 0.000000253. The molecule has 2 saturated heterocycles. The van der Waals surface area contributed by atoms with Crippen LogP contribution in [0.15, 0.2) is 86.0 Å². The molecule has 6 amide bonds. The topological polar surface area (TPSA) is 297 Å². The van der Waals surface area contributed by atoms with E-state index in [2.05, 4.69) is 23.8 Å². The molecule has 24 nitrogen and oxygen atoms in total. The number of allylic oxidation sites excluding steroid dienone is 2. The molecule has 78 heavy (non-hydrogen) atoms. The Morgan fingerprint density at radius 3 is 1.97 bits per heavy atom. The number of hydrogen-bond acceptors (Lipinski definition) is 16. The summed E-state index contributed by atoms with van der Waals surface area (Å²) in [6.07, 6.45) is 11.4. The number of carbonyl (C=O) groups excluding carboxylic acids is 8. The summed E-state index contributed by atoms with van der Waals surface area (Å²) in [6.45, 7) is 12.0. The van der Waals surface area contributed by atoms with Crippen molar-refractivity contribution < 1.29 is 67.2 Å². The zero-order chi connectivity index (χ0) is 56.9. The van der Waals surface area contributed by atoms with Crippen LogP contribution in [0, 0.1) is 32.1 Å². The molecule has 3 heterocycles. The molecule has 420 valence electrons. The fourth-order valence-electron chi connectivity index (χ4n) is 9.78. The van der Waals surface area contributed by atoms with Crippen LogP contribution < -0.4 is 10.6 Å². The highest BCUT2D eigenvalue weighted by molar-refractivity contribution is 5.97. The van der Waals surface area contributed by atoms with E-state index in [1.54, 1.807) is 40.1 Å². The van der Waals surface area contributed by atoms with Crippen LogP contribution in [0.5, 0.6) is 0 Å². The SMILES string of the molecule is C=CCCCCN(C)C(=O)N1C[C@@H](OC(=O)c2ccc([N+](=O)[O-])cc2)C[C@H]1C(=O)N[C@]1(C(=O)OCC)C[C@H]1C=C.CCOC(=O)[C@@]12C[C@H]1/C=C\CCCCN(C)C(=O)N1C[C@@H](OC(=O)c3ccc([N+](=O)[O-])cc3)C[C@H]1C(=O)N2.